The van der Waals surface area contributed by atoms with Gasteiger partial charge in [0.25, 0.3) is 0 Å². The van der Waals surface area contributed by atoms with Gasteiger partial charge < -0.3 is 5.73 Å². The second-order valence-corrected chi connectivity index (χ2v) is 5.56. The highest BCUT2D eigenvalue weighted by Crippen LogP contribution is 2.29. The smallest absolute Gasteiger partial charge is 0.195 e. The van der Waals surface area contributed by atoms with Crippen molar-refractivity contribution >= 4 is 38.2 Å². The highest BCUT2D eigenvalue weighted by molar-refractivity contribution is 9.10. The van der Waals surface area contributed by atoms with Crippen molar-refractivity contribution in [1.82, 2.24) is 0 Å². The Morgan fingerprint density at radius 3 is 2.43 bits per heavy atom. The number of benzene rings is 3. The predicted octanol–water partition coefficient (Wildman–Crippen LogP) is 4.55. The minimum Gasteiger partial charge on any atom is -0.398 e. The van der Waals surface area contributed by atoms with Crippen LogP contribution in [0.25, 0.3) is 10.8 Å². The van der Waals surface area contributed by atoms with Gasteiger partial charge in [0.2, 0.25) is 0 Å². The summed E-state index contributed by atoms with van der Waals surface area (Å²) in [5, 5.41) is 1.74. The first-order valence-corrected chi connectivity index (χ1v) is 7.14. The van der Waals surface area contributed by atoms with Crippen LogP contribution in [0.2, 0.25) is 0 Å². The molecule has 4 heteroatoms. The summed E-state index contributed by atoms with van der Waals surface area (Å²) in [6.45, 7) is 0. The summed E-state index contributed by atoms with van der Waals surface area (Å²) in [6.07, 6.45) is 0. The molecular weight excluding hydrogens is 333 g/mol. The van der Waals surface area contributed by atoms with Gasteiger partial charge in [-0.15, -0.1) is 0 Å². The van der Waals surface area contributed by atoms with Crippen molar-refractivity contribution in [2.45, 2.75) is 0 Å². The summed E-state index contributed by atoms with van der Waals surface area (Å²) in [5.41, 5.74) is 6.77. The molecule has 0 saturated heterocycles. The molecular formula is C17H11BrFNO. The molecule has 0 atom stereocenters. The number of fused-ring (bicyclic) bond motifs is 1. The van der Waals surface area contributed by atoms with Crippen LogP contribution < -0.4 is 5.73 Å². The second kappa shape index (κ2) is 5.30. The van der Waals surface area contributed by atoms with E-state index >= 15 is 0 Å². The number of halogens is 2. The van der Waals surface area contributed by atoms with E-state index in [4.69, 9.17) is 5.73 Å². The molecule has 0 aliphatic rings. The van der Waals surface area contributed by atoms with Gasteiger partial charge in [-0.2, -0.15) is 0 Å². The largest absolute Gasteiger partial charge is 0.398 e. The molecule has 0 aromatic heterocycles. The first kappa shape index (κ1) is 13.8. The first-order chi connectivity index (χ1) is 10.1. The van der Waals surface area contributed by atoms with Gasteiger partial charge in [-0.1, -0.05) is 40.2 Å². The number of anilines is 1. The van der Waals surface area contributed by atoms with Crippen LogP contribution in [0.4, 0.5) is 10.1 Å². The lowest BCUT2D eigenvalue weighted by molar-refractivity contribution is 0.104. The van der Waals surface area contributed by atoms with E-state index in [1.165, 1.54) is 18.2 Å². The van der Waals surface area contributed by atoms with Crippen LogP contribution in [-0.4, -0.2) is 5.78 Å². The lowest BCUT2D eigenvalue weighted by Crippen LogP contribution is -2.06. The van der Waals surface area contributed by atoms with Crippen molar-refractivity contribution in [2.24, 2.45) is 0 Å². The molecule has 0 radical (unpaired) electrons. The monoisotopic (exact) mass is 343 g/mol. The third-order valence-corrected chi connectivity index (χ3v) is 4.07. The zero-order valence-corrected chi connectivity index (χ0v) is 12.5. The first-order valence-electron chi connectivity index (χ1n) is 6.35. The third kappa shape index (κ3) is 2.43. The fraction of sp³-hybridized carbons (Fsp3) is 0. The lowest BCUT2D eigenvalue weighted by atomic mass is 9.96. The minimum atomic E-state index is -0.478. The van der Waals surface area contributed by atoms with Crippen LogP contribution in [0.1, 0.15) is 15.9 Å². The highest BCUT2D eigenvalue weighted by Gasteiger charge is 2.16. The maximum atomic E-state index is 13.4. The number of hydrogen-bond acceptors (Lipinski definition) is 2. The molecule has 104 valence electrons. The Morgan fingerprint density at radius 2 is 1.67 bits per heavy atom. The maximum absolute atomic E-state index is 13.4. The maximum Gasteiger partial charge on any atom is 0.195 e. The topological polar surface area (TPSA) is 43.1 Å². The van der Waals surface area contributed by atoms with Crippen LogP contribution in [0, 0.1) is 5.82 Å². The van der Waals surface area contributed by atoms with Crippen molar-refractivity contribution in [3.8, 4) is 0 Å². The number of rotatable bonds is 2. The van der Waals surface area contributed by atoms with Crippen LogP contribution in [0.15, 0.2) is 59.1 Å². The van der Waals surface area contributed by atoms with E-state index in [0.717, 1.165) is 15.2 Å². The molecule has 3 rings (SSSR count). The molecule has 0 unspecified atom stereocenters. The minimum absolute atomic E-state index is 0.183. The van der Waals surface area contributed by atoms with Crippen molar-refractivity contribution in [1.29, 1.82) is 0 Å². The molecule has 0 spiro atoms. The zero-order valence-electron chi connectivity index (χ0n) is 10.9. The second-order valence-electron chi connectivity index (χ2n) is 4.70. The summed E-state index contributed by atoms with van der Waals surface area (Å²) in [5.74, 6) is -0.760. The molecule has 21 heavy (non-hydrogen) atoms. The number of carbonyl (C=O) groups excluding carboxylic acids is 1. The Morgan fingerprint density at radius 1 is 0.952 bits per heavy atom. The molecule has 0 bridgehead atoms. The normalized spacial score (nSPS) is 10.8. The van der Waals surface area contributed by atoms with Gasteiger partial charge in [-0.3, -0.25) is 4.79 Å². The SMILES string of the molecule is Nc1ccc(F)cc1C(=O)c1ccc(Br)c2ccccc12. The lowest BCUT2D eigenvalue weighted by Gasteiger charge is -2.09. The summed E-state index contributed by atoms with van der Waals surface area (Å²) >= 11 is 3.47. The van der Waals surface area contributed by atoms with E-state index in [1.54, 1.807) is 6.07 Å². The number of carbonyl (C=O) groups is 1. The van der Waals surface area contributed by atoms with Crippen molar-refractivity contribution in [2.75, 3.05) is 5.73 Å². The van der Waals surface area contributed by atoms with Crippen LogP contribution in [-0.2, 0) is 0 Å². The Kier molecular flexibility index (Phi) is 3.47. The Hall–Kier alpha value is -2.20. The van der Waals surface area contributed by atoms with Gasteiger partial charge in [0.05, 0.1) is 0 Å². The van der Waals surface area contributed by atoms with Crippen LogP contribution >= 0.6 is 15.9 Å². The van der Waals surface area contributed by atoms with E-state index in [0.29, 0.717) is 5.56 Å². The molecule has 2 nitrogen and oxygen atoms in total. The average Bonchev–Trinajstić information content (AvgIpc) is 2.50. The number of nitrogen functional groups attached to an aromatic ring is 1. The predicted molar refractivity (Wildman–Crippen MR) is 85.9 cm³/mol. The summed E-state index contributed by atoms with van der Waals surface area (Å²) in [7, 11) is 0. The van der Waals surface area contributed by atoms with Gasteiger partial charge in [0.1, 0.15) is 5.82 Å². The van der Waals surface area contributed by atoms with E-state index in [-0.39, 0.29) is 17.0 Å². The van der Waals surface area contributed by atoms with Gasteiger partial charge >= 0.3 is 0 Å². The molecule has 3 aromatic rings. The van der Waals surface area contributed by atoms with Gasteiger partial charge in [-0.25, -0.2) is 4.39 Å². The van der Waals surface area contributed by atoms with E-state index in [9.17, 15) is 9.18 Å². The van der Waals surface area contributed by atoms with Crippen molar-refractivity contribution in [3.05, 3.63) is 76.0 Å². The number of nitrogens with two attached hydrogens (primary N) is 1. The Balaban J connectivity index is 2.23. The molecule has 0 aliphatic heterocycles. The van der Waals surface area contributed by atoms with Crippen molar-refractivity contribution < 1.29 is 9.18 Å². The summed E-state index contributed by atoms with van der Waals surface area (Å²) in [6, 6.07) is 14.9. The standard InChI is InChI=1S/C17H11BrFNO/c18-15-7-6-13(11-3-1-2-4-12(11)15)17(21)14-9-10(19)5-8-16(14)20/h1-9H,20H2. The van der Waals surface area contributed by atoms with Gasteiger partial charge in [0.15, 0.2) is 5.78 Å². The quantitative estimate of drug-likeness (QED) is 0.547. The third-order valence-electron chi connectivity index (χ3n) is 3.38. The summed E-state index contributed by atoms with van der Waals surface area (Å²) < 4.78 is 14.3. The molecule has 2 N–H and O–H groups in total. The summed E-state index contributed by atoms with van der Waals surface area (Å²) in [4.78, 5) is 12.7. The fourth-order valence-corrected chi connectivity index (χ4v) is 2.81. The van der Waals surface area contributed by atoms with Crippen LogP contribution in [0.3, 0.4) is 0 Å². The van der Waals surface area contributed by atoms with Crippen LogP contribution in [0.5, 0.6) is 0 Å². The van der Waals surface area contributed by atoms with Gasteiger partial charge in [-0.05, 0) is 41.1 Å². The number of hydrogen-bond donors (Lipinski definition) is 1. The Bertz CT molecular complexity index is 861. The van der Waals surface area contributed by atoms with E-state index in [1.807, 2.05) is 30.3 Å². The van der Waals surface area contributed by atoms with Crippen molar-refractivity contribution in [3.63, 3.8) is 0 Å². The zero-order chi connectivity index (χ0) is 15.0. The highest BCUT2D eigenvalue weighted by atomic mass is 79.9. The fourth-order valence-electron chi connectivity index (χ4n) is 2.33. The van der Waals surface area contributed by atoms with E-state index < -0.39 is 5.82 Å². The molecule has 0 fully saturated rings. The van der Waals surface area contributed by atoms with Gasteiger partial charge in [0, 0.05) is 21.3 Å². The molecule has 0 amide bonds. The molecule has 0 aliphatic carbocycles. The average molecular weight is 344 g/mol. The molecule has 0 saturated carbocycles. The van der Waals surface area contributed by atoms with E-state index in [2.05, 4.69) is 15.9 Å². The number of ketones is 1. The molecule has 3 aromatic carbocycles. The Labute approximate surface area is 129 Å². The molecule has 0 heterocycles.